The average Bonchev–Trinajstić information content (AvgIpc) is 2.63. The van der Waals surface area contributed by atoms with Crippen LogP contribution in [0.2, 0.25) is 0 Å². The number of hydrogen-bond acceptors (Lipinski definition) is 2. The summed E-state index contributed by atoms with van der Waals surface area (Å²) in [5.41, 5.74) is 0. The number of nitrogens with zero attached hydrogens (tertiary/aromatic N) is 3. The van der Waals surface area contributed by atoms with Gasteiger partial charge in [-0.2, -0.15) is 5.10 Å². The van der Waals surface area contributed by atoms with E-state index in [0.29, 0.717) is 0 Å². The van der Waals surface area contributed by atoms with Crippen molar-refractivity contribution in [3.63, 3.8) is 0 Å². The van der Waals surface area contributed by atoms with Gasteiger partial charge in [-0.3, -0.25) is 4.68 Å². The lowest BCUT2D eigenvalue weighted by atomic mass is 9.97. The van der Waals surface area contributed by atoms with Crippen molar-refractivity contribution in [3.05, 3.63) is 16.0 Å². The Bertz CT molecular complexity index is 348. The van der Waals surface area contributed by atoms with Crippen LogP contribution >= 0.6 is 22.6 Å². The van der Waals surface area contributed by atoms with Gasteiger partial charge in [0, 0.05) is 25.8 Å². The predicted octanol–water partition coefficient (Wildman–Crippen LogP) is 2.86. The van der Waals surface area contributed by atoms with Crippen LogP contribution in [0.15, 0.2) is 12.4 Å². The van der Waals surface area contributed by atoms with Crippen molar-refractivity contribution in [3.8, 4) is 0 Å². The molecule has 1 fully saturated rings. The van der Waals surface area contributed by atoms with Gasteiger partial charge in [-0.15, -0.1) is 0 Å². The Morgan fingerprint density at radius 2 is 2.35 bits per heavy atom. The van der Waals surface area contributed by atoms with Crippen molar-refractivity contribution in [1.82, 2.24) is 14.7 Å². The molecule has 0 bridgehead atoms. The van der Waals surface area contributed by atoms with Crippen molar-refractivity contribution >= 4 is 22.6 Å². The van der Waals surface area contributed by atoms with Crippen LogP contribution in [0.25, 0.3) is 0 Å². The zero-order valence-electron chi connectivity index (χ0n) is 10.8. The second kappa shape index (κ2) is 6.18. The van der Waals surface area contributed by atoms with Crippen molar-refractivity contribution in [2.24, 2.45) is 11.8 Å². The third kappa shape index (κ3) is 4.25. The first kappa shape index (κ1) is 13.3. The van der Waals surface area contributed by atoms with Crippen LogP contribution in [0.4, 0.5) is 0 Å². The smallest absolute Gasteiger partial charge is 0.0623 e. The minimum absolute atomic E-state index is 0.776. The van der Waals surface area contributed by atoms with E-state index in [1.165, 1.54) is 36.0 Å². The summed E-state index contributed by atoms with van der Waals surface area (Å²) in [5, 5.41) is 4.39. The van der Waals surface area contributed by atoms with Gasteiger partial charge in [-0.1, -0.05) is 13.8 Å². The molecule has 1 saturated heterocycles. The first-order valence-electron chi connectivity index (χ1n) is 6.54. The molecule has 0 saturated carbocycles. The fourth-order valence-electron chi connectivity index (χ4n) is 2.69. The largest absolute Gasteiger partial charge is 0.303 e. The van der Waals surface area contributed by atoms with Gasteiger partial charge in [-0.25, -0.2) is 0 Å². The Morgan fingerprint density at radius 1 is 1.53 bits per heavy atom. The van der Waals surface area contributed by atoms with Gasteiger partial charge in [0.2, 0.25) is 0 Å². The van der Waals surface area contributed by atoms with E-state index in [0.717, 1.165) is 18.4 Å². The Balaban J connectivity index is 1.85. The standard InChI is InChI=1S/C13H22IN3/c1-11(2)7-16-5-3-4-12(8-16)9-17-10-13(14)6-15-17/h6,10-12H,3-5,7-9H2,1-2H3. The van der Waals surface area contributed by atoms with Crippen LogP contribution in [0.3, 0.4) is 0 Å². The maximum Gasteiger partial charge on any atom is 0.0623 e. The van der Waals surface area contributed by atoms with Crippen LogP contribution in [-0.4, -0.2) is 34.3 Å². The monoisotopic (exact) mass is 347 g/mol. The molecule has 1 aromatic rings. The fourth-order valence-corrected chi connectivity index (χ4v) is 3.13. The minimum Gasteiger partial charge on any atom is -0.303 e. The summed E-state index contributed by atoms with van der Waals surface area (Å²) < 4.78 is 3.34. The molecule has 2 rings (SSSR count). The lowest BCUT2D eigenvalue weighted by molar-refractivity contribution is 0.146. The SMILES string of the molecule is CC(C)CN1CCCC(Cn2cc(I)cn2)C1. The molecule has 0 aromatic carbocycles. The van der Waals surface area contributed by atoms with E-state index in [4.69, 9.17) is 0 Å². The lowest BCUT2D eigenvalue weighted by Crippen LogP contribution is -2.39. The molecule has 0 aliphatic carbocycles. The molecule has 1 aliphatic rings. The van der Waals surface area contributed by atoms with E-state index >= 15 is 0 Å². The molecule has 1 aliphatic heterocycles. The Hall–Kier alpha value is -0.100. The molecule has 2 heterocycles. The zero-order chi connectivity index (χ0) is 12.3. The van der Waals surface area contributed by atoms with E-state index in [1.54, 1.807) is 0 Å². The Labute approximate surface area is 118 Å². The van der Waals surface area contributed by atoms with Crippen LogP contribution < -0.4 is 0 Å². The summed E-state index contributed by atoms with van der Waals surface area (Å²) in [7, 11) is 0. The highest BCUT2D eigenvalue weighted by molar-refractivity contribution is 14.1. The summed E-state index contributed by atoms with van der Waals surface area (Å²) in [4.78, 5) is 2.62. The van der Waals surface area contributed by atoms with Gasteiger partial charge >= 0.3 is 0 Å². The van der Waals surface area contributed by atoms with Crippen molar-refractivity contribution in [2.75, 3.05) is 19.6 Å². The van der Waals surface area contributed by atoms with Crippen molar-refractivity contribution < 1.29 is 0 Å². The van der Waals surface area contributed by atoms with E-state index in [-0.39, 0.29) is 0 Å². The first-order chi connectivity index (χ1) is 8.13. The molecular weight excluding hydrogens is 325 g/mol. The highest BCUT2D eigenvalue weighted by atomic mass is 127. The lowest BCUT2D eigenvalue weighted by Gasteiger charge is -2.33. The fraction of sp³-hybridized carbons (Fsp3) is 0.769. The number of piperidine rings is 1. The van der Waals surface area contributed by atoms with Crippen molar-refractivity contribution in [2.45, 2.75) is 33.2 Å². The molecule has 0 spiro atoms. The predicted molar refractivity (Wildman–Crippen MR) is 78.9 cm³/mol. The molecule has 0 radical (unpaired) electrons. The molecule has 0 amide bonds. The number of rotatable bonds is 4. The second-order valence-electron chi connectivity index (χ2n) is 5.54. The van der Waals surface area contributed by atoms with E-state index < -0.39 is 0 Å². The Kier molecular flexibility index (Phi) is 4.85. The van der Waals surface area contributed by atoms with E-state index in [2.05, 4.69) is 57.3 Å². The topological polar surface area (TPSA) is 21.1 Å². The molecule has 3 nitrogen and oxygen atoms in total. The number of halogens is 1. The molecule has 17 heavy (non-hydrogen) atoms. The third-order valence-electron chi connectivity index (χ3n) is 3.27. The van der Waals surface area contributed by atoms with Gasteiger partial charge in [0.1, 0.15) is 0 Å². The minimum atomic E-state index is 0.776. The average molecular weight is 347 g/mol. The van der Waals surface area contributed by atoms with E-state index in [9.17, 15) is 0 Å². The summed E-state index contributed by atoms with van der Waals surface area (Å²) in [5.74, 6) is 1.55. The first-order valence-corrected chi connectivity index (χ1v) is 7.61. The molecule has 1 unspecified atom stereocenters. The maximum absolute atomic E-state index is 4.39. The molecule has 0 N–H and O–H groups in total. The quantitative estimate of drug-likeness (QED) is 0.781. The number of aromatic nitrogens is 2. The Morgan fingerprint density at radius 3 is 3.00 bits per heavy atom. The van der Waals surface area contributed by atoms with Gasteiger partial charge < -0.3 is 4.90 Å². The number of hydrogen-bond donors (Lipinski definition) is 0. The number of likely N-dealkylation sites (tertiary alicyclic amines) is 1. The second-order valence-corrected chi connectivity index (χ2v) is 6.79. The summed E-state index contributed by atoms with van der Waals surface area (Å²) in [6.07, 6.45) is 6.78. The highest BCUT2D eigenvalue weighted by Gasteiger charge is 2.20. The summed E-state index contributed by atoms with van der Waals surface area (Å²) in [6, 6.07) is 0. The van der Waals surface area contributed by atoms with Gasteiger partial charge in [0.25, 0.3) is 0 Å². The molecular formula is C13H22IN3. The van der Waals surface area contributed by atoms with Crippen molar-refractivity contribution in [1.29, 1.82) is 0 Å². The molecule has 96 valence electrons. The van der Waals surface area contributed by atoms with Gasteiger partial charge in [0.15, 0.2) is 0 Å². The summed E-state index contributed by atoms with van der Waals surface area (Å²) >= 11 is 2.32. The van der Waals surface area contributed by atoms with E-state index in [1.807, 2.05) is 6.20 Å². The normalized spacial score (nSPS) is 22.2. The van der Waals surface area contributed by atoms with Crippen LogP contribution in [0.5, 0.6) is 0 Å². The molecule has 4 heteroatoms. The van der Waals surface area contributed by atoms with Crippen LogP contribution in [0, 0.1) is 15.4 Å². The summed E-state index contributed by atoms with van der Waals surface area (Å²) in [6.45, 7) is 9.46. The highest BCUT2D eigenvalue weighted by Crippen LogP contribution is 2.19. The van der Waals surface area contributed by atoms with Crippen LogP contribution in [-0.2, 0) is 6.54 Å². The maximum atomic E-state index is 4.39. The molecule has 1 aromatic heterocycles. The zero-order valence-corrected chi connectivity index (χ0v) is 12.9. The molecule has 1 atom stereocenters. The third-order valence-corrected chi connectivity index (χ3v) is 3.83. The van der Waals surface area contributed by atoms with Crippen LogP contribution in [0.1, 0.15) is 26.7 Å². The van der Waals surface area contributed by atoms with Gasteiger partial charge in [0.05, 0.1) is 9.77 Å². The van der Waals surface area contributed by atoms with Gasteiger partial charge in [-0.05, 0) is 53.8 Å².